The van der Waals surface area contributed by atoms with Gasteiger partial charge in [-0.3, -0.25) is 5.32 Å². The van der Waals surface area contributed by atoms with Gasteiger partial charge in [0, 0.05) is 13.7 Å². The summed E-state index contributed by atoms with van der Waals surface area (Å²) in [4.78, 5) is 0. The predicted octanol–water partition coefficient (Wildman–Crippen LogP) is 2.05. The van der Waals surface area contributed by atoms with Crippen LogP contribution in [0, 0.1) is 11.3 Å². The molecule has 1 unspecified atom stereocenters. The second kappa shape index (κ2) is 7.00. The third kappa shape index (κ3) is 3.65. The molecule has 0 radical (unpaired) electrons. The fourth-order valence-electron chi connectivity index (χ4n) is 1.49. The van der Waals surface area contributed by atoms with Gasteiger partial charge in [0.05, 0.1) is 12.7 Å². The van der Waals surface area contributed by atoms with Gasteiger partial charge in [-0.15, -0.1) is 0 Å². The Hall–Kier alpha value is -1.37. The van der Waals surface area contributed by atoms with Gasteiger partial charge in [0.15, 0.2) is 0 Å². The van der Waals surface area contributed by atoms with E-state index in [4.69, 9.17) is 10.00 Å². The first kappa shape index (κ1) is 12.7. The van der Waals surface area contributed by atoms with Crippen molar-refractivity contribution in [1.29, 1.82) is 5.26 Å². The van der Waals surface area contributed by atoms with Crippen LogP contribution in [0.5, 0.6) is 0 Å². The van der Waals surface area contributed by atoms with Crippen LogP contribution < -0.4 is 5.32 Å². The number of ether oxygens (including phenoxy) is 1. The molecule has 1 rings (SSSR count). The van der Waals surface area contributed by atoms with Gasteiger partial charge >= 0.3 is 0 Å². The molecule has 1 N–H and O–H groups in total. The summed E-state index contributed by atoms with van der Waals surface area (Å²) in [5, 5.41) is 12.2. The summed E-state index contributed by atoms with van der Waals surface area (Å²) in [5.41, 5.74) is 2.30. The van der Waals surface area contributed by atoms with Gasteiger partial charge in [-0.1, -0.05) is 31.2 Å². The summed E-state index contributed by atoms with van der Waals surface area (Å²) < 4.78 is 4.94. The molecular formula is C13H18N2O. The average molecular weight is 218 g/mol. The Morgan fingerprint density at radius 1 is 1.38 bits per heavy atom. The number of rotatable bonds is 6. The van der Waals surface area contributed by atoms with Crippen molar-refractivity contribution in [2.24, 2.45) is 0 Å². The SMILES string of the molecule is CCc1ccc(C(C#N)NCCOC)cc1. The Bertz CT molecular complexity index is 340. The molecule has 0 aliphatic rings. The number of methoxy groups -OCH3 is 1. The van der Waals surface area contributed by atoms with Crippen molar-refractivity contribution in [3.63, 3.8) is 0 Å². The minimum Gasteiger partial charge on any atom is -0.383 e. The molecule has 1 aromatic rings. The van der Waals surface area contributed by atoms with E-state index >= 15 is 0 Å². The standard InChI is InChI=1S/C13H18N2O/c1-3-11-4-6-12(7-5-11)13(10-14)15-8-9-16-2/h4-7,13,15H,3,8-9H2,1-2H3. The second-order valence-electron chi connectivity index (χ2n) is 3.60. The van der Waals surface area contributed by atoms with Crippen molar-refractivity contribution >= 4 is 0 Å². The summed E-state index contributed by atoms with van der Waals surface area (Å²) >= 11 is 0. The molecule has 0 saturated carbocycles. The normalized spacial score (nSPS) is 12.1. The van der Waals surface area contributed by atoms with Gasteiger partial charge in [-0.05, 0) is 17.5 Å². The zero-order valence-corrected chi connectivity index (χ0v) is 9.86. The van der Waals surface area contributed by atoms with Crippen LogP contribution in [0.1, 0.15) is 24.1 Å². The van der Waals surface area contributed by atoms with E-state index in [1.165, 1.54) is 5.56 Å². The summed E-state index contributed by atoms with van der Waals surface area (Å²) in [6, 6.07) is 10.1. The number of nitriles is 1. The van der Waals surface area contributed by atoms with Crippen LogP contribution in [0.3, 0.4) is 0 Å². The maximum absolute atomic E-state index is 9.05. The Labute approximate surface area is 97.0 Å². The molecule has 3 nitrogen and oxygen atoms in total. The Morgan fingerprint density at radius 3 is 2.56 bits per heavy atom. The van der Waals surface area contributed by atoms with Crippen LogP contribution in [0.15, 0.2) is 24.3 Å². The van der Waals surface area contributed by atoms with Crippen molar-refractivity contribution in [2.45, 2.75) is 19.4 Å². The monoisotopic (exact) mass is 218 g/mol. The van der Waals surface area contributed by atoms with E-state index in [0.29, 0.717) is 13.2 Å². The number of hydrogen-bond donors (Lipinski definition) is 1. The molecule has 86 valence electrons. The maximum atomic E-state index is 9.05. The van der Waals surface area contributed by atoms with Gasteiger partial charge in [-0.25, -0.2) is 0 Å². The summed E-state index contributed by atoms with van der Waals surface area (Å²) in [7, 11) is 1.65. The highest BCUT2D eigenvalue weighted by molar-refractivity contribution is 5.28. The molecule has 0 amide bonds. The molecule has 0 bridgehead atoms. The third-order valence-electron chi connectivity index (χ3n) is 2.51. The molecule has 0 saturated heterocycles. The van der Waals surface area contributed by atoms with E-state index in [9.17, 15) is 0 Å². The Morgan fingerprint density at radius 2 is 2.06 bits per heavy atom. The molecule has 0 fully saturated rings. The summed E-state index contributed by atoms with van der Waals surface area (Å²) in [6.07, 6.45) is 1.02. The van der Waals surface area contributed by atoms with Crippen molar-refractivity contribution in [3.8, 4) is 6.07 Å². The smallest absolute Gasteiger partial charge is 0.121 e. The lowest BCUT2D eigenvalue weighted by Crippen LogP contribution is -2.23. The lowest BCUT2D eigenvalue weighted by molar-refractivity contribution is 0.198. The summed E-state index contributed by atoms with van der Waals surface area (Å²) in [5.74, 6) is 0. The minimum absolute atomic E-state index is 0.249. The first-order valence-electron chi connectivity index (χ1n) is 5.52. The lowest BCUT2D eigenvalue weighted by atomic mass is 10.0. The van der Waals surface area contributed by atoms with Crippen LogP contribution in [0.4, 0.5) is 0 Å². The van der Waals surface area contributed by atoms with Crippen molar-refractivity contribution < 1.29 is 4.74 Å². The fourth-order valence-corrected chi connectivity index (χ4v) is 1.49. The van der Waals surface area contributed by atoms with Gasteiger partial charge in [-0.2, -0.15) is 5.26 Å². The first-order valence-corrected chi connectivity index (χ1v) is 5.52. The van der Waals surface area contributed by atoms with Gasteiger partial charge in [0.25, 0.3) is 0 Å². The highest BCUT2D eigenvalue weighted by Crippen LogP contribution is 2.13. The zero-order chi connectivity index (χ0) is 11.8. The van der Waals surface area contributed by atoms with E-state index in [1.807, 2.05) is 12.1 Å². The van der Waals surface area contributed by atoms with Gasteiger partial charge in [0.1, 0.15) is 6.04 Å². The highest BCUT2D eigenvalue weighted by atomic mass is 16.5. The van der Waals surface area contributed by atoms with E-state index in [-0.39, 0.29) is 6.04 Å². The molecular weight excluding hydrogens is 200 g/mol. The van der Waals surface area contributed by atoms with Crippen LogP contribution in [-0.2, 0) is 11.2 Å². The molecule has 0 heterocycles. The zero-order valence-electron chi connectivity index (χ0n) is 9.86. The fraction of sp³-hybridized carbons (Fsp3) is 0.462. The van der Waals surface area contributed by atoms with Crippen molar-refractivity contribution in [3.05, 3.63) is 35.4 Å². The topological polar surface area (TPSA) is 45.0 Å². The largest absolute Gasteiger partial charge is 0.383 e. The van der Waals surface area contributed by atoms with E-state index in [2.05, 4.69) is 30.4 Å². The number of aryl methyl sites for hydroxylation is 1. The van der Waals surface area contributed by atoms with Gasteiger partial charge in [0.2, 0.25) is 0 Å². The molecule has 0 aliphatic carbocycles. The number of hydrogen-bond acceptors (Lipinski definition) is 3. The second-order valence-corrected chi connectivity index (χ2v) is 3.60. The molecule has 3 heteroatoms. The highest BCUT2D eigenvalue weighted by Gasteiger charge is 2.08. The number of nitrogens with zero attached hydrogens (tertiary/aromatic N) is 1. The number of benzene rings is 1. The molecule has 0 aliphatic heterocycles. The Balaban J connectivity index is 2.61. The van der Waals surface area contributed by atoms with Crippen LogP contribution in [-0.4, -0.2) is 20.3 Å². The van der Waals surface area contributed by atoms with E-state index < -0.39 is 0 Å². The third-order valence-corrected chi connectivity index (χ3v) is 2.51. The Kier molecular flexibility index (Phi) is 5.55. The van der Waals surface area contributed by atoms with Crippen LogP contribution in [0.2, 0.25) is 0 Å². The predicted molar refractivity (Wildman–Crippen MR) is 64.1 cm³/mol. The molecule has 16 heavy (non-hydrogen) atoms. The van der Waals surface area contributed by atoms with Crippen molar-refractivity contribution in [2.75, 3.05) is 20.3 Å². The minimum atomic E-state index is -0.249. The average Bonchev–Trinajstić information content (AvgIpc) is 2.35. The lowest BCUT2D eigenvalue weighted by Gasteiger charge is -2.11. The molecule has 1 atom stereocenters. The first-order chi connectivity index (χ1) is 7.81. The van der Waals surface area contributed by atoms with E-state index in [0.717, 1.165) is 12.0 Å². The van der Waals surface area contributed by atoms with Crippen LogP contribution >= 0.6 is 0 Å². The molecule has 0 aromatic heterocycles. The molecule has 1 aromatic carbocycles. The number of nitrogens with one attached hydrogen (secondary N) is 1. The van der Waals surface area contributed by atoms with E-state index in [1.54, 1.807) is 7.11 Å². The quantitative estimate of drug-likeness (QED) is 0.743. The van der Waals surface area contributed by atoms with Gasteiger partial charge < -0.3 is 4.74 Å². The molecule has 0 spiro atoms. The van der Waals surface area contributed by atoms with Crippen LogP contribution in [0.25, 0.3) is 0 Å². The maximum Gasteiger partial charge on any atom is 0.121 e. The summed E-state index contributed by atoms with van der Waals surface area (Å²) in [6.45, 7) is 3.42. The van der Waals surface area contributed by atoms with Crippen molar-refractivity contribution in [1.82, 2.24) is 5.32 Å².